The van der Waals surface area contributed by atoms with E-state index >= 15 is 0 Å². The normalized spacial score (nSPS) is 22.0. The second kappa shape index (κ2) is 7.88. The molecule has 0 aromatic carbocycles. The number of hydrogen-bond acceptors (Lipinski definition) is 4. The molecule has 122 valence electrons. The Labute approximate surface area is 132 Å². The quantitative estimate of drug-likeness (QED) is 0.825. The highest BCUT2D eigenvalue weighted by molar-refractivity contribution is 4.83. The third-order valence-electron chi connectivity index (χ3n) is 5.14. The fraction of sp³-hybridized carbons (Fsp3) is 0.765. The Morgan fingerprint density at radius 2 is 1.68 bits per heavy atom. The third-order valence-corrected chi connectivity index (χ3v) is 5.14. The van der Waals surface area contributed by atoms with E-state index in [1.54, 1.807) is 23.2 Å². The summed E-state index contributed by atoms with van der Waals surface area (Å²) in [6.45, 7) is 8.20. The van der Waals surface area contributed by atoms with Gasteiger partial charge in [-0.3, -0.25) is 9.36 Å². The summed E-state index contributed by atoms with van der Waals surface area (Å²) in [6.07, 6.45) is 9.80. The predicted octanol–water partition coefficient (Wildman–Crippen LogP) is 1.44. The molecular weight excluding hydrogens is 276 g/mol. The van der Waals surface area contributed by atoms with Crippen molar-refractivity contribution < 1.29 is 0 Å². The van der Waals surface area contributed by atoms with Crippen molar-refractivity contribution in [1.82, 2.24) is 19.4 Å². The Bertz CT molecular complexity index is 501. The first-order valence-electron chi connectivity index (χ1n) is 8.76. The van der Waals surface area contributed by atoms with Crippen LogP contribution in [-0.2, 0) is 6.54 Å². The van der Waals surface area contributed by atoms with Gasteiger partial charge in [0.15, 0.2) is 0 Å². The smallest absolute Gasteiger partial charge is 0.253 e. The average Bonchev–Trinajstić information content (AvgIpc) is 2.57. The summed E-state index contributed by atoms with van der Waals surface area (Å²) in [4.78, 5) is 21.0. The van der Waals surface area contributed by atoms with Crippen LogP contribution in [0.3, 0.4) is 0 Å². The fourth-order valence-electron chi connectivity index (χ4n) is 3.65. The lowest BCUT2D eigenvalue weighted by Crippen LogP contribution is -2.42. The summed E-state index contributed by atoms with van der Waals surface area (Å²) in [5.74, 6) is 0.619. The molecule has 0 amide bonds. The number of likely N-dealkylation sites (tertiary alicyclic amines) is 2. The van der Waals surface area contributed by atoms with E-state index in [-0.39, 0.29) is 5.56 Å². The molecule has 1 aromatic rings. The van der Waals surface area contributed by atoms with Crippen molar-refractivity contribution in [2.75, 3.05) is 39.3 Å². The first kappa shape index (κ1) is 15.7. The van der Waals surface area contributed by atoms with Gasteiger partial charge in [0, 0.05) is 31.9 Å². The molecule has 0 saturated carbocycles. The van der Waals surface area contributed by atoms with Gasteiger partial charge in [-0.15, -0.1) is 0 Å². The lowest BCUT2D eigenvalue weighted by molar-refractivity contribution is 0.140. The molecule has 2 saturated heterocycles. The zero-order valence-electron chi connectivity index (χ0n) is 13.5. The highest BCUT2D eigenvalue weighted by atomic mass is 16.1. The van der Waals surface area contributed by atoms with E-state index in [4.69, 9.17) is 0 Å². The summed E-state index contributed by atoms with van der Waals surface area (Å²) < 4.78 is 1.76. The van der Waals surface area contributed by atoms with Crippen LogP contribution in [0.25, 0.3) is 0 Å². The average molecular weight is 304 g/mol. The minimum absolute atomic E-state index is 0.0718. The van der Waals surface area contributed by atoms with Crippen LogP contribution in [0, 0.1) is 5.92 Å². The number of aromatic nitrogens is 2. The van der Waals surface area contributed by atoms with Crippen LogP contribution in [0.5, 0.6) is 0 Å². The molecular formula is C17H28N4O. The minimum atomic E-state index is 0.0718. The van der Waals surface area contributed by atoms with Crippen molar-refractivity contribution >= 4 is 0 Å². The molecule has 1 aromatic heterocycles. The molecule has 2 aliphatic rings. The Hall–Kier alpha value is -1.20. The molecule has 5 nitrogen and oxygen atoms in total. The van der Waals surface area contributed by atoms with Crippen LogP contribution < -0.4 is 5.56 Å². The van der Waals surface area contributed by atoms with Gasteiger partial charge in [0.25, 0.3) is 5.56 Å². The molecule has 2 fully saturated rings. The van der Waals surface area contributed by atoms with Gasteiger partial charge < -0.3 is 9.80 Å². The molecule has 5 heteroatoms. The van der Waals surface area contributed by atoms with Gasteiger partial charge in [0.2, 0.25) is 0 Å². The molecule has 0 radical (unpaired) electrons. The minimum Gasteiger partial charge on any atom is -0.302 e. The molecule has 0 atom stereocenters. The van der Waals surface area contributed by atoms with Gasteiger partial charge in [-0.05, 0) is 57.8 Å². The molecule has 22 heavy (non-hydrogen) atoms. The first-order chi connectivity index (χ1) is 10.8. The van der Waals surface area contributed by atoms with Gasteiger partial charge in [-0.1, -0.05) is 6.42 Å². The number of hydrogen-bond donors (Lipinski definition) is 0. The van der Waals surface area contributed by atoms with Gasteiger partial charge in [0.05, 0.1) is 6.33 Å². The maximum Gasteiger partial charge on any atom is 0.253 e. The molecule has 0 unspecified atom stereocenters. The van der Waals surface area contributed by atoms with Crippen molar-refractivity contribution in [3.63, 3.8) is 0 Å². The van der Waals surface area contributed by atoms with Crippen LogP contribution >= 0.6 is 0 Å². The van der Waals surface area contributed by atoms with Crippen molar-refractivity contribution in [3.8, 4) is 0 Å². The lowest BCUT2D eigenvalue weighted by atomic mass is 9.96. The van der Waals surface area contributed by atoms with E-state index in [1.807, 2.05) is 0 Å². The molecule has 3 rings (SSSR count). The maximum atomic E-state index is 11.7. The molecule has 0 N–H and O–H groups in total. The van der Waals surface area contributed by atoms with E-state index in [0.29, 0.717) is 5.92 Å². The summed E-state index contributed by atoms with van der Waals surface area (Å²) >= 11 is 0. The monoisotopic (exact) mass is 304 g/mol. The van der Waals surface area contributed by atoms with Crippen molar-refractivity contribution in [2.45, 2.75) is 38.6 Å². The summed E-state index contributed by atoms with van der Waals surface area (Å²) in [5.41, 5.74) is 0.0718. The van der Waals surface area contributed by atoms with E-state index in [9.17, 15) is 4.79 Å². The van der Waals surface area contributed by atoms with Crippen LogP contribution in [0.2, 0.25) is 0 Å². The van der Waals surface area contributed by atoms with E-state index < -0.39 is 0 Å². The molecule has 0 bridgehead atoms. The standard InChI is InChI=1S/C17H28N4O/c22-17-4-7-18-15-21(17)14-16-5-10-20(11-6-16)13-12-19-8-2-1-3-9-19/h4,7,15-16H,1-3,5-6,8-14H2. The third kappa shape index (κ3) is 4.40. The topological polar surface area (TPSA) is 41.4 Å². The highest BCUT2D eigenvalue weighted by Crippen LogP contribution is 2.18. The van der Waals surface area contributed by atoms with Crippen LogP contribution in [-0.4, -0.2) is 58.6 Å². The largest absolute Gasteiger partial charge is 0.302 e. The highest BCUT2D eigenvalue weighted by Gasteiger charge is 2.20. The van der Waals surface area contributed by atoms with Crippen LogP contribution in [0.1, 0.15) is 32.1 Å². The lowest BCUT2D eigenvalue weighted by Gasteiger charge is -2.34. The second-order valence-electron chi connectivity index (χ2n) is 6.76. The SMILES string of the molecule is O=c1ccncn1CC1CCN(CCN2CCCCC2)CC1. The zero-order valence-corrected chi connectivity index (χ0v) is 13.5. The molecule has 0 spiro atoms. The number of rotatable bonds is 5. The molecule has 3 heterocycles. The first-order valence-corrected chi connectivity index (χ1v) is 8.76. The maximum absolute atomic E-state index is 11.7. The second-order valence-corrected chi connectivity index (χ2v) is 6.76. The fourth-order valence-corrected chi connectivity index (χ4v) is 3.65. The van der Waals surface area contributed by atoms with Crippen molar-refractivity contribution in [1.29, 1.82) is 0 Å². The van der Waals surface area contributed by atoms with Crippen LogP contribution in [0.4, 0.5) is 0 Å². The van der Waals surface area contributed by atoms with Crippen molar-refractivity contribution in [3.05, 3.63) is 28.9 Å². The number of piperidine rings is 2. The zero-order chi connectivity index (χ0) is 15.2. The summed E-state index contributed by atoms with van der Waals surface area (Å²) in [6, 6.07) is 1.55. The van der Waals surface area contributed by atoms with Crippen LogP contribution in [0.15, 0.2) is 23.4 Å². The Kier molecular flexibility index (Phi) is 5.62. The van der Waals surface area contributed by atoms with E-state index in [0.717, 1.165) is 6.54 Å². The van der Waals surface area contributed by atoms with Crippen molar-refractivity contribution in [2.24, 2.45) is 5.92 Å². The molecule has 2 aliphatic heterocycles. The van der Waals surface area contributed by atoms with E-state index in [1.165, 1.54) is 71.4 Å². The Morgan fingerprint density at radius 1 is 1.00 bits per heavy atom. The van der Waals surface area contributed by atoms with Gasteiger partial charge >= 0.3 is 0 Å². The van der Waals surface area contributed by atoms with E-state index in [2.05, 4.69) is 14.8 Å². The van der Waals surface area contributed by atoms with Gasteiger partial charge in [-0.2, -0.15) is 0 Å². The predicted molar refractivity (Wildman–Crippen MR) is 88.0 cm³/mol. The number of nitrogens with zero attached hydrogens (tertiary/aromatic N) is 4. The van der Waals surface area contributed by atoms with Gasteiger partial charge in [-0.25, -0.2) is 4.98 Å². The summed E-state index contributed by atoms with van der Waals surface area (Å²) in [7, 11) is 0. The Morgan fingerprint density at radius 3 is 2.36 bits per heavy atom. The van der Waals surface area contributed by atoms with Gasteiger partial charge in [0.1, 0.15) is 0 Å². The Balaban J connectivity index is 1.39. The molecule has 0 aliphatic carbocycles. The summed E-state index contributed by atoms with van der Waals surface area (Å²) in [5, 5.41) is 0.